The van der Waals surface area contributed by atoms with Crippen LogP contribution >= 0.6 is 11.6 Å². The zero-order valence-electron chi connectivity index (χ0n) is 13.4. The summed E-state index contributed by atoms with van der Waals surface area (Å²) < 4.78 is 5.12. The van der Waals surface area contributed by atoms with Gasteiger partial charge in [-0.2, -0.15) is 0 Å². The number of aromatic nitrogens is 1. The largest absolute Gasteiger partial charge is 0.495 e. The van der Waals surface area contributed by atoms with Crippen molar-refractivity contribution >= 4 is 28.9 Å². The molecule has 0 aliphatic heterocycles. The summed E-state index contributed by atoms with van der Waals surface area (Å²) in [5, 5.41) is 6.56. The van der Waals surface area contributed by atoms with Crippen molar-refractivity contribution in [2.75, 3.05) is 19.0 Å². The molecule has 1 amide bonds. The van der Waals surface area contributed by atoms with Crippen LogP contribution in [0.1, 0.15) is 24.3 Å². The molecule has 2 aromatic rings. The first-order valence-electron chi connectivity index (χ1n) is 7.34. The van der Waals surface area contributed by atoms with E-state index in [0.29, 0.717) is 28.9 Å². The fraction of sp³-hybridized carbons (Fsp3) is 0.294. The topological polar surface area (TPSA) is 63.2 Å². The molecule has 1 aromatic heterocycles. The van der Waals surface area contributed by atoms with Crippen LogP contribution in [-0.2, 0) is 0 Å². The molecule has 5 nitrogen and oxygen atoms in total. The summed E-state index contributed by atoms with van der Waals surface area (Å²) in [6.07, 6.45) is 1.59. The van der Waals surface area contributed by atoms with Crippen molar-refractivity contribution in [3.05, 3.63) is 47.2 Å². The first-order chi connectivity index (χ1) is 11.0. The molecule has 0 aliphatic rings. The number of carbonyl (C=O) groups is 1. The summed E-state index contributed by atoms with van der Waals surface area (Å²) in [5.74, 6) is 0.817. The SMILES string of the molecule is COc1ccc(Nc2ccnc(C(=O)NCC(C)C)c2)cc1Cl. The fourth-order valence-corrected chi connectivity index (χ4v) is 2.19. The average molecular weight is 334 g/mol. The van der Waals surface area contributed by atoms with Gasteiger partial charge in [-0.15, -0.1) is 0 Å². The standard InChI is InChI=1S/C17H20ClN3O2/c1-11(2)10-20-17(22)15-9-13(6-7-19-15)21-12-4-5-16(23-3)14(18)8-12/h4-9,11H,10H2,1-3H3,(H,19,21)(H,20,22). The number of nitrogens with one attached hydrogen (secondary N) is 2. The maximum atomic E-state index is 12.1. The van der Waals surface area contributed by atoms with Crippen molar-refractivity contribution in [1.82, 2.24) is 10.3 Å². The van der Waals surface area contributed by atoms with E-state index in [0.717, 1.165) is 11.4 Å². The van der Waals surface area contributed by atoms with Crippen LogP contribution in [0.5, 0.6) is 5.75 Å². The van der Waals surface area contributed by atoms with Crippen molar-refractivity contribution in [1.29, 1.82) is 0 Å². The van der Waals surface area contributed by atoms with Crippen LogP contribution in [0.3, 0.4) is 0 Å². The number of carbonyl (C=O) groups excluding carboxylic acids is 1. The molecule has 0 saturated carbocycles. The lowest BCUT2D eigenvalue weighted by Gasteiger charge is -2.11. The van der Waals surface area contributed by atoms with E-state index < -0.39 is 0 Å². The van der Waals surface area contributed by atoms with Gasteiger partial charge in [-0.3, -0.25) is 9.78 Å². The summed E-state index contributed by atoms with van der Waals surface area (Å²) in [7, 11) is 1.57. The third-order valence-electron chi connectivity index (χ3n) is 3.10. The van der Waals surface area contributed by atoms with Gasteiger partial charge in [0.05, 0.1) is 12.1 Å². The van der Waals surface area contributed by atoms with Gasteiger partial charge < -0.3 is 15.4 Å². The average Bonchev–Trinajstić information content (AvgIpc) is 2.53. The number of anilines is 2. The zero-order valence-corrected chi connectivity index (χ0v) is 14.1. The van der Waals surface area contributed by atoms with Gasteiger partial charge >= 0.3 is 0 Å². The number of amides is 1. The van der Waals surface area contributed by atoms with Crippen LogP contribution in [0.4, 0.5) is 11.4 Å². The molecule has 0 aliphatic carbocycles. The van der Waals surface area contributed by atoms with Crippen LogP contribution in [0.2, 0.25) is 5.02 Å². The highest BCUT2D eigenvalue weighted by atomic mass is 35.5. The molecule has 0 saturated heterocycles. The Labute approximate surface area is 141 Å². The summed E-state index contributed by atoms with van der Waals surface area (Å²) in [4.78, 5) is 16.2. The second kappa shape index (κ2) is 7.83. The Kier molecular flexibility index (Phi) is 5.82. The molecule has 0 atom stereocenters. The van der Waals surface area contributed by atoms with Crippen LogP contribution in [0.25, 0.3) is 0 Å². The minimum absolute atomic E-state index is 0.185. The molecular weight excluding hydrogens is 314 g/mol. The molecule has 0 spiro atoms. The van der Waals surface area contributed by atoms with E-state index in [4.69, 9.17) is 16.3 Å². The van der Waals surface area contributed by atoms with Crippen molar-refractivity contribution in [2.45, 2.75) is 13.8 Å². The van der Waals surface area contributed by atoms with E-state index >= 15 is 0 Å². The van der Waals surface area contributed by atoms with E-state index in [2.05, 4.69) is 15.6 Å². The highest BCUT2D eigenvalue weighted by Gasteiger charge is 2.09. The molecule has 23 heavy (non-hydrogen) atoms. The number of ether oxygens (including phenoxy) is 1. The quantitative estimate of drug-likeness (QED) is 0.842. The predicted molar refractivity (Wildman–Crippen MR) is 92.7 cm³/mol. The van der Waals surface area contributed by atoms with Crippen LogP contribution < -0.4 is 15.4 Å². The third-order valence-corrected chi connectivity index (χ3v) is 3.40. The monoisotopic (exact) mass is 333 g/mol. The molecule has 2 rings (SSSR count). The minimum Gasteiger partial charge on any atom is -0.495 e. The smallest absolute Gasteiger partial charge is 0.269 e. The molecular formula is C17H20ClN3O2. The van der Waals surface area contributed by atoms with E-state index in [1.807, 2.05) is 19.9 Å². The van der Waals surface area contributed by atoms with E-state index in [-0.39, 0.29) is 5.91 Å². The van der Waals surface area contributed by atoms with Gasteiger partial charge in [-0.25, -0.2) is 0 Å². The van der Waals surface area contributed by atoms with Gasteiger partial charge in [0.1, 0.15) is 11.4 Å². The Balaban J connectivity index is 2.10. The number of hydrogen-bond acceptors (Lipinski definition) is 4. The Morgan fingerprint density at radius 1 is 1.26 bits per heavy atom. The summed E-state index contributed by atoms with van der Waals surface area (Å²) >= 11 is 6.11. The molecule has 2 N–H and O–H groups in total. The highest BCUT2D eigenvalue weighted by molar-refractivity contribution is 6.32. The van der Waals surface area contributed by atoms with Crippen molar-refractivity contribution < 1.29 is 9.53 Å². The number of rotatable bonds is 6. The van der Waals surface area contributed by atoms with Gasteiger partial charge in [0.25, 0.3) is 5.91 Å². The molecule has 0 unspecified atom stereocenters. The number of hydrogen-bond donors (Lipinski definition) is 2. The van der Waals surface area contributed by atoms with Gasteiger partial charge in [0, 0.05) is 24.1 Å². The van der Waals surface area contributed by atoms with Gasteiger partial charge in [0.2, 0.25) is 0 Å². The number of benzene rings is 1. The summed E-state index contributed by atoms with van der Waals surface area (Å²) in [6, 6.07) is 8.89. The maximum Gasteiger partial charge on any atom is 0.269 e. The summed E-state index contributed by atoms with van der Waals surface area (Å²) in [5.41, 5.74) is 1.93. The fourth-order valence-electron chi connectivity index (χ4n) is 1.93. The lowest BCUT2D eigenvalue weighted by molar-refractivity contribution is 0.0944. The lowest BCUT2D eigenvalue weighted by atomic mass is 10.2. The van der Waals surface area contributed by atoms with Gasteiger partial charge in [-0.05, 0) is 36.2 Å². The number of halogens is 1. The van der Waals surface area contributed by atoms with Gasteiger partial charge in [-0.1, -0.05) is 25.4 Å². The maximum absolute atomic E-state index is 12.1. The summed E-state index contributed by atoms with van der Waals surface area (Å²) in [6.45, 7) is 4.70. The molecule has 122 valence electrons. The molecule has 1 aromatic carbocycles. The molecule has 6 heteroatoms. The second-order valence-electron chi connectivity index (χ2n) is 5.51. The predicted octanol–water partition coefficient (Wildman–Crippen LogP) is 3.87. The zero-order chi connectivity index (χ0) is 16.8. The van der Waals surface area contributed by atoms with E-state index in [1.165, 1.54) is 0 Å². The normalized spacial score (nSPS) is 10.5. The Morgan fingerprint density at radius 3 is 2.65 bits per heavy atom. The molecule has 1 heterocycles. The first kappa shape index (κ1) is 17.1. The van der Waals surface area contributed by atoms with Crippen LogP contribution in [-0.4, -0.2) is 24.5 Å². The highest BCUT2D eigenvalue weighted by Crippen LogP contribution is 2.28. The van der Waals surface area contributed by atoms with E-state index in [9.17, 15) is 4.79 Å². The first-order valence-corrected chi connectivity index (χ1v) is 7.72. The van der Waals surface area contributed by atoms with Crippen LogP contribution in [0.15, 0.2) is 36.5 Å². The minimum atomic E-state index is -0.185. The Bertz CT molecular complexity index is 689. The second-order valence-corrected chi connectivity index (χ2v) is 5.92. The number of methoxy groups -OCH3 is 1. The third kappa shape index (κ3) is 4.86. The van der Waals surface area contributed by atoms with Crippen molar-refractivity contribution in [3.63, 3.8) is 0 Å². The molecule has 0 fully saturated rings. The Morgan fingerprint density at radius 2 is 2.00 bits per heavy atom. The number of pyridine rings is 1. The van der Waals surface area contributed by atoms with Gasteiger partial charge in [0.15, 0.2) is 0 Å². The van der Waals surface area contributed by atoms with Crippen LogP contribution in [0, 0.1) is 5.92 Å². The van der Waals surface area contributed by atoms with E-state index in [1.54, 1.807) is 37.6 Å². The molecule has 0 radical (unpaired) electrons. The van der Waals surface area contributed by atoms with Crippen molar-refractivity contribution in [3.8, 4) is 5.75 Å². The lowest BCUT2D eigenvalue weighted by Crippen LogP contribution is -2.28. The van der Waals surface area contributed by atoms with Crippen molar-refractivity contribution in [2.24, 2.45) is 5.92 Å². The molecule has 0 bridgehead atoms. The Hall–Kier alpha value is -2.27. The number of nitrogens with zero attached hydrogens (tertiary/aromatic N) is 1.